The molecule has 1 aromatic carbocycles. The van der Waals surface area contributed by atoms with Gasteiger partial charge in [0, 0.05) is 31.9 Å². The summed E-state index contributed by atoms with van der Waals surface area (Å²) in [5.74, 6) is 0.465. The van der Waals surface area contributed by atoms with Crippen molar-refractivity contribution in [2.75, 3.05) is 18.0 Å². The fourth-order valence-electron chi connectivity index (χ4n) is 4.53. The SMILES string of the molecule is Cn1c(=O)oc2cc(N3CCN(C(N)=O)C(C)(C)C3CCC3CC3)ccc21. The number of hydrogen-bond acceptors (Lipinski definition) is 4. The molecule has 2 N–H and O–H groups in total. The van der Waals surface area contributed by atoms with Gasteiger partial charge >= 0.3 is 11.8 Å². The minimum Gasteiger partial charge on any atom is -0.408 e. The van der Waals surface area contributed by atoms with E-state index in [0.29, 0.717) is 18.7 Å². The van der Waals surface area contributed by atoms with Crippen molar-refractivity contribution >= 4 is 22.8 Å². The minimum absolute atomic E-state index is 0.159. The van der Waals surface area contributed by atoms with Gasteiger partial charge in [-0.25, -0.2) is 9.59 Å². The molecule has 146 valence electrons. The zero-order valence-electron chi connectivity index (χ0n) is 16.3. The van der Waals surface area contributed by atoms with Crippen molar-refractivity contribution in [2.24, 2.45) is 18.7 Å². The number of nitrogens with zero attached hydrogens (tertiary/aromatic N) is 3. The molecule has 4 rings (SSSR count). The second-order valence-corrected chi connectivity index (χ2v) is 8.45. The van der Waals surface area contributed by atoms with Crippen molar-refractivity contribution in [1.29, 1.82) is 0 Å². The predicted molar refractivity (Wildman–Crippen MR) is 105 cm³/mol. The van der Waals surface area contributed by atoms with E-state index >= 15 is 0 Å². The standard InChI is InChI=1S/C20H28N4O3/c1-20(2)17(9-6-13-4-5-13)23(10-11-24(20)18(21)25)14-7-8-15-16(12-14)27-19(26)22(15)3/h7-8,12-13,17H,4-6,9-11H2,1-3H3,(H2,21,25). The van der Waals surface area contributed by atoms with Crippen LogP contribution in [0.5, 0.6) is 0 Å². The van der Waals surface area contributed by atoms with Crippen LogP contribution in [0.1, 0.15) is 39.5 Å². The zero-order chi connectivity index (χ0) is 19.3. The highest BCUT2D eigenvalue weighted by Crippen LogP contribution is 2.39. The maximum Gasteiger partial charge on any atom is 0.419 e. The largest absolute Gasteiger partial charge is 0.419 e. The number of carbonyl (C=O) groups excluding carboxylic acids is 1. The van der Waals surface area contributed by atoms with Crippen LogP contribution < -0.4 is 16.4 Å². The Hall–Kier alpha value is -2.44. The van der Waals surface area contributed by atoms with E-state index in [9.17, 15) is 9.59 Å². The van der Waals surface area contributed by atoms with E-state index in [4.69, 9.17) is 10.2 Å². The van der Waals surface area contributed by atoms with Crippen LogP contribution in [-0.2, 0) is 7.05 Å². The quantitative estimate of drug-likeness (QED) is 0.894. The number of piperazine rings is 1. The molecule has 27 heavy (non-hydrogen) atoms. The van der Waals surface area contributed by atoms with E-state index in [2.05, 4.69) is 18.7 Å². The van der Waals surface area contributed by atoms with Gasteiger partial charge < -0.3 is 20.0 Å². The molecule has 2 aliphatic rings. The van der Waals surface area contributed by atoms with Crippen LogP contribution in [-0.4, -0.2) is 40.2 Å². The number of rotatable bonds is 4. The Kier molecular flexibility index (Phi) is 4.20. The lowest BCUT2D eigenvalue weighted by Crippen LogP contribution is -2.68. The molecular formula is C20H28N4O3. The Bertz CT molecular complexity index is 925. The molecule has 1 atom stereocenters. The molecule has 1 unspecified atom stereocenters. The first-order chi connectivity index (χ1) is 12.8. The van der Waals surface area contributed by atoms with E-state index in [1.54, 1.807) is 11.9 Å². The third-order valence-corrected chi connectivity index (χ3v) is 6.37. The van der Waals surface area contributed by atoms with E-state index in [1.807, 2.05) is 18.2 Å². The number of amides is 2. The van der Waals surface area contributed by atoms with Crippen molar-refractivity contribution in [1.82, 2.24) is 9.47 Å². The first-order valence-electron chi connectivity index (χ1n) is 9.72. The number of nitrogens with two attached hydrogens (primary N) is 1. The van der Waals surface area contributed by atoms with E-state index in [0.717, 1.165) is 23.5 Å². The highest BCUT2D eigenvalue weighted by Gasteiger charge is 2.45. The van der Waals surface area contributed by atoms with Gasteiger partial charge in [0.2, 0.25) is 0 Å². The number of urea groups is 1. The van der Waals surface area contributed by atoms with Crippen LogP contribution >= 0.6 is 0 Å². The molecule has 1 saturated heterocycles. The summed E-state index contributed by atoms with van der Waals surface area (Å²) < 4.78 is 6.89. The second-order valence-electron chi connectivity index (χ2n) is 8.45. The average Bonchev–Trinajstić information content (AvgIpc) is 3.38. The molecule has 2 aromatic rings. The Labute approximate surface area is 158 Å². The molecule has 2 amide bonds. The number of aromatic nitrogens is 1. The van der Waals surface area contributed by atoms with Crippen LogP contribution in [0.15, 0.2) is 27.4 Å². The molecule has 1 aromatic heterocycles. The lowest BCUT2D eigenvalue weighted by molar-refractivity contribution is 0.0935. The van der Waals surface area contributed by atoms with Crippen molar-refractivity contribution in [3.8, 4) is 0 Å². The Morgan fingerprint density at radius 1 is 1.26 bits per heavy atom. The first-order valence-corrected chi connectivity index (χ1v) is 9.72. The van der Waals surface area contributed by atoms with Gasteiger partial charge in [-0.05, 0) is 44.7 Å². The van der Waals surface area contributed by atoms with Crippen molar-refractivity contribution in [2.45, 2.75) is 51.1 Å². The summed E-state index contributed by atoms with van der Waals surface area (Å²) in [7, 11) is 1.71. The van der Waals surface area contributed by atoms with Crippen LogP contribution in [0.25, 0.3) is 11.1 Å². The number of fused-ring (bicyclic) bond motifs is 1. The fraction of sp³-hybridized carbons (Fsp3) is 0.600. The van der Waals surface area contributed by atoms with Gasteiger partial charge in [0.05, 0.1) is 17.1 Å². The lowest BCUT2D eigenvalue weighted by Gasteiger charge is -2.53. The predicted octanol–water partition coefficient (Wildman–Crippen LogP) is 2.67. The maximum absolute atomic E-state index is 12.0. The monoisotopic (exact) mass is 372 g/mol. The number of hydrogen-bond donors (Lipinski definition) is 1. The minimum atomic E-state index is -0.370. The average molecular weight is 372 g/mol. The fourth-order valence-corrected chi connectivity index (χ4v) is 4.53. The molecule has 0 bridgehead atoms. The summed E-state index contributed by atoms with van der Waals surface area (Å²) in [5.41, 5.74) is 7.70. The van der Waals surface area contributed by atoms with Gasteiger partial charge in [0.25, 0.3) is 0 Å². The molecule has 2 heterocycles. The third kappa shape index (κ3) is 3.09. The molecule has 2 fully saturated rings. The van der Waals surface area contributed by atoms with Gasteiger partial charge in [-0.1, -0.05) is 12.8 Å². The van der Waals surface area contributed by atoms with Gasteiger partial charge in [-0.15, -0.1) is 0 Å². The molecule has 1 aliphatic heterocycles. The number of primary amides is 1. The number of aryl methyl sites for hydroxylation is 1. The summed E-state index contributed by atoms with van der Waals surface area (Å²) >= 11 is 0. The van der Waals surface area contributed by atoms with Crippen molar-refractivity contribution in [3.63, 3.8) is 0 Å². The van der Waals surface area contributed by atoms with Gasteiger partial charge in [0.1, 0.15) is 0 Å². The van der Waals surface area contributed by atoms with E-state index in [-0.39, 0.29) is 23.4 Å². The zero-order valence-corrected chi connectivity index (χ0v) is 16.3. The summed E-state index contributed by atoms with van der Waals surface area (Å²) in [4.78, 5) is 28.0. The number of benzene rings is 1. The normalized spacial score (nSPS) is 22.4. The highest BCUT2D eigenvalue weighted by atomic mass is 16.4. The Balaban J connectivity index is 1.70. The van der Waals surface area contributed by atoms with Gasteiger partial charge in [-0.2, -0.15) is 0 Å². The molecular weight excluding hydrogens is 344 g/mol. The van der Waals surface area contributed by atoms with Crippen molar-refractivity contribution in [3.05, 3.63) is 28.7 Å². The lowest BCUT2D eigenvalue weighted by atomic mass is 9.84. The van der Waals surface area contributed by atoms with E-state index in [1.165, 1.54) is 23.8 Å². The molecule has 0 spiro atoms. The molecule has 7 nitrogen and oxygen atoms in total. The summed E-state index contributed by atoms with van der Waals surface area (Å²) in [6.07, 6.45) is 4.81. The first kappa shape index (κ1) is 17.9. The van der Waals surface area contributed by atoms with E-state index < -0.39 is 0 Å². The van der Waals surface area contributed by atoms with Crippen LogP contribution in [0.4, 0.5) is 10.5 Å². The Morgan fingerprint density at radius 3 is 2.67 bits per heavy atom. The molecule has 1 saturated carbocycles. The molecule has 0 radical (unpaired) electrons. The van der Waals surface area contributed by atoms with Crippen LogP contribution in [0, 0.1) is 5.92 Å². The molecule has 1 aliphatic carbocycles. The Morgan fingerprint density at radius 2 is 2.00 bits per heavy atom. The van der Waals surface area contributed by atoms with Crippen molar-refractivity contribution < 1.29 is 9.21 Å². The molecule has 7 heteroatoms. The summed E-state index contributed by atoms with van der Waals surface area (Å²) in [5, 5.41) is 0. The second kappa shape index (κ2) is 6.32. The maximum atomic E-state index is 12.0. The smallest absolute Gasteiger partial charge is 0.408 e. The van der Waals surface area contributed by atoms with Gasteiger partial charge in [0.15, 0.2) is 5.58 Å². The van der Waals surface area contributed by atoms with Crippen LogP contribution in [0.3, 0.4) is 0 Å². The number of carbonyl (C=O) groups is 1. The highest BCUT2D eigenvalue weighted by molar-refractivity contribution is 5.78. The summed E-state index contributed by atoms with van der Waals surface area (Å²) in [6, 6.07) is 5.71. The summed E-state index contributed by atoms with van der Waals surface area (Å²) in [6.45, 7) is 5.49. The third-order valence-electron chi connectivity index (χ3n) is 6.37. The van der Waals surface area contributed by atoms with Crippen LogP contribution in [0.2, 0.25) is 0 Å². The van der Waals surface area contributed by atoms with Gasteiger partial charge in [-0.3, -0.25) is 4.57 Å². The number of anilines is 1. The number of oxazole rings is 1. The topological polar surface area (TPSA) is 84.7 Å².